The second-order valence-electron chi connectivity index (χ2n) is 7.66. The van der Waals surface area contributed by atoms with Gasteiger partial charge in [-0.2, -0.15) is 0 Å². The normalized spacial score (nSPS) is 19.3. The predicted octanol–water partition coefficient (Wildman–Crippen LogP) is 3.83. The Morgan fingerprint density at radius 1 is 1.48 bits per heavy atom. The Hall–Kier alpha value is -1.48. The number of hydrogen-bond donors (Lipinski definition) is 1. The molecule has 2 atom stereocenters. The lowest BCUT2D eigenvalue weighted by molar-refractivity contribution is 0.119. The maximum Gasteiger partial charge on any atom is 0.193 e. The molecule has 2 unspecified atom stereocenters. The molecule has 1 aliphatic heterocycles. The van der Waals surface area contributed by atoms with E-state index in [4.69, 9.17) is 9.72 Å². The molecule has 0 aliphatic carbocycles. The van der Waals surface area contributed by atoms with Crippen LogP contribution in [0.4, 0.5) is 0 Å². The third-order valence-electron chi connectivity index (χ3n) is 5.35. The molecule has 1 aliphatic rings. The van der Waals surface area contributed by atoms with Gasteiger partial charge < -0.3 is 15.0 Å². The van der Waals surface area contributed by atoms with Gasteiger partial charge in [0.15, 0.2) is 5.96 Å². The van der Waals surface area contributed by atoms with Crippen LogP contribution in [0.2, 0.25) is 0 Å². The van der Waals surface area contributed by atoms with Crippen molar-refractivity contribution in [2.75, 3.05) is 40.8 Å². The second-order valence-corrected chi connectivity index (χ2v) is 9.58. The zero-order valence-electron chi connectivity index (χ0n) is 17.9. The van der Waals surface area contributed by atoms with Crippen molar-refractivity contribution in [3.05, 3.63) is 38.5 Å². The molecule has 0 aromatic carbocycles. The third kappa shape index (κ3) is 6.50. The zero-order valence-corrected chi connectivity index (χ0v) is 19.6. The van der Waals surface area contributed by atoms with Gasteiger partial charge in [0.25, 0.3) is 0 Å². The van der Waals surface area contributed by atoms with Crippen molar-refractivity contribution in [1.82, 2.24) is 20.1 Å². The van der Waals surface area contributed by atoms with E-state index in [1.807, 2.05) is 25.3 Å². The van der Waals surface area contributed by atoms with Crippen molar-refractivity contribution >= 4 is 28.6 Å². The fraction of sp³-hybridized carbons (Fsp3) is 0.619. The molecule has 1 fully saturated rings. The average Bonchev–Trinajstić information content (AvgIpc) is 3.40. The molecule has 0 bridgehead atoms. The molecule has 3 rings (SSSR count). The van der Waals surface area contributed by atoms with E-state index in [-0.39, 0.29) is 6.10 Å². The van der Waals surface area contributed by atoms with E-state index in [1.165, 1.54) is 24.3 Å². The molecule has 1 saturated heterocycles. The lowest BCUT2D eigenvalue weighted by Crippen LogP contribution is -2.44. The van der Waals surface area contributed by atoms with Gasteiger partial charge >= 0.3 is 0 Å². The minimum atomic E-state index is 0.0416. The molecule has 3 heterocycles. The SMILES string of the molecule is CN=C(NCC1CCCN(Cc2cccs2)C1)N(C)Cc1csc(C(C)OC)n1. The Morgan fingerprint density at radius 3 is 3.07 bits per heavy atom. The summed E-state index contributed by atoms with van der Waals surface area (Å²) in [5.41, 5.74) is 1.05. The van der Waals surface area contributed by atoms with Crippen LogP contribution < -0.4 is 5.32 Å². The summed E-state index contributed by atoms with van der Waals surface area (Å²) in [6.07, 6.45) is 2.59. The first-order chi connectivity index (χ1) is 14.1. The Bertz CT molecular complexity index is 761. The van der Waals surface area contributed by atoms with Crippen LogP contribution in [0.5, 0.6) is 0 Å². The van der Waals surface area contributed by atoms with Gasteiger partial charge in [-0.25, -0.2) is 4.98 Å². The molecule has 160 valence electrons. The summed E-state index contributed by atoms with van der Waals surface area (Å²) >= 11 is 3.51. The van der Waals surface area contributed by atoms with Crippen LogP contribution in [0.1, 0.15) is 41.4 Å². The van der Waals surface area contributed by atoms with Crippen molar-refractivity contribution < 1.29 is 4.74 Å². The zero-order chi connectivity index (χ0) is 20.6. The molecule has 2 aromatic heterocycles. The Balaban J connectivity index is 1.47. The number of nitrogens with one attached hydrogen (secondary N) is 1. The summed E-state index contributed by atoms with van der Waals surface area (Å²) in [5.74, 6) is 1.58. The Labute approximate surface area is 182 Å². The van der Waals surface area contributed by atoms with Crippen molar-refractivity contribution in [3.8, 4) is 0 Å². The van der Waals surface area contributed by atoms with E-state index in [0.717, 1.165) is 42.8 Å². The number of aromatic nitrogens is 1. The van der Waals surface area contributed by atoms with E-state index >= 15 is 0 Å². The van der Waals surface area contributed by atoms with Crippen LogP contribution in [-0.4, -0.2) is 61.6 Å². The first-order valence-electron chi connectivity index (χ1n) is 10.2. The first-order valence-corrected chi connectivity index (χ1v) is 12.0. The predicted molar refractivity (Wildman–Crippen MR) is 123 cm³/mol. The minimum absolute atomic E-state index is 0.0416. The number of piperidine rings is 1. The Kier molecular flexibility index (Phi) is 8.47. The maximum atomic E-state index is 5.37. The molecule has 0 radical (unpaired) electrons. The van der Waals surface area contributed by atoms with Gasteiger partial charge in [-0.1, -0.05) is 6.07 Å². The standard InChI is InChI=1S/C21H33N5OS2/c1-16(27-4)20-24-18(15-29-20)13-25(3)21(22-2)23-11-17-7-5-9-26(12-17)14-19-8-6-10-28-19/h6,8,10,15-17H,5,7,9,11-14H2,1-4H3,(H,22,23). The summed E-state index contributed by atoms with van der Waals surface area (Å²) in [5, 5.41) is 8.88. The maximum absolute atomic E-state index is 5.37. The quantitative estimate of drug-likeness (QED) is 0.504. The van der Waals surface area contributed by atoms with Crippen LogP contribution in [0.25, 0.3) is 0 Å². The molecule has 0 saturated carbocycles. The second kappa shape index (κ2) is 11.1. The number of ether oxygens (including phenoxy) is 1. The molecule has 0 amide bonds. The highest BCUT2D eigenvalue weighted by Gasteiger charge is 2.21. The summed E-state index contributed by atoms with van der Waals surface area (Å²) in [6, 6.07) is 4.38. The van der Waals surface area contributed by atoms with Gasteiger partial charge in [0, 0.05) is 51.1 Å². The van der Waals surface area contributed by atoms with Crippen molar-refractivity contribution in [2.24, 2.45) is 10.9 Å². The van der Waals surface area contributed by atoms with E-state index in [1.54, 1.807) is 18.4 Å². The highest BCUT2D eigenvalue weighted by molar-refractivity contribution is 7.10. The van der Waals surface area contributed by atoms with Gasteiger partial charge in [0.1, 0.15) is 11.1 Å². The molecule has 2 aromatic rings. The highest BCUT2D eigenvalue weighted by atomic mass is 32.1. The molecule has 29 heavy (non-hydrogen) atoms. The molecule has 1 N–H and O–H groups in total. The van der Waals surface area contributed by atoms with Gasteiger partial charge in [0.2, 0.25) is 0 Å². The van der Waals surface area contributed by atoms with E-state index in [2.05, 4.69) is 50.0 Å². The van der Waals surface area contributed by atoms with Crippen LogP contribution in [-0.2, 0) is 17.8 Å². The topological polar surface area (TPSA) is 53.0 Å². The molecule has 8 heteroatoms. The van der Waals surface area contributed by atoms with E-state index < -0.39 is 0 Å². The molecule has 0 spiro atoms. The number of guanidine groups is 1. The highest BCUT2D eigenvalue weighted by Crippen LogP contribution is 2.22. The van der Waals surface area contributed by atoms with Crippen molar-refractivity contribution in [2.45, 2.75) is 39.0 Å². The lowest BCUT2D eigenvalue weighted by Gasteiger charge is -2.33. The monoisotopic (exact) mass is 435 g/mol. The van der Waals surface area contributed by atoms with Crippen LogP contribution in [0, 0.1) is 5.92 Å². The number of thiazole rings is 1. The van der Waals surface area contributed by atoms with Gasteiger partial charge in [0.05, 0.1) is 12.2 Å². The number of thiophene rings is 1. The number of aliphatic imine (C=N–C) groups is 1. The average molecular weight is 436 g/mol. The number of hydrogen-bond acceptors (Lipinski definition) is 6. The Morgan fingerprint density at radius 2 is 2.34 bits per heavy atom. The number of rotatable bonds is 8. The van der Waals surface area contributed by atoms with Crippen molar-refractivity contribution in [1.29, 1.82) is 0 Å². The third-order valence-corrected chi connectivity index (χ3v) is 7.27. The molecular formula is C21H33N5OS2. The van der Waals surface area contributed by atoms with Crippen LogP contribution in [0.3, 0.4) is 0 Å². The molecule has 6 nitrogen and oxygen atoms in total. The van der Waals surface area contributed by atoms with Crippen LogP contribution >= 0.6 is 22.7 Å². The number of methoxy groups -OCH3 is 1. The summed E-state index contributed by atoms with van der Waals surface area (Å²) < 4.78 is 5.37. The van der Waals surface area contributed by atoms with Gasteiger partial charge in [-0.15, -0.1) is 22.7 Å². The summed E-state index contributed by atoms with van der Waals surface area (Å²) in [4.78, 5) is 15.4. The van der Waals surface area contributed by atoms with Gasteiger partial charge in [-0.3, -0.25) is 9.89 Å². The fourth-order valence-corrected chi connectivity index (χ4v) is 5.29. The fourth-order valence-electron chi connectivity index (χ4n) is 3.71. The van der Waals surface area contributed by atoms with E-state index in [0.29, 0.717) is 5.92 Å². The lowest BCUT2D eigenvalue weighted by atomic mass is 9.98. The number of nitrogens with zero attached hydrogens (tertiary/aromatic N) is 4. The summed E-state index contributed by atoms with van der Waals surface area (Å²) in [7, 11) is 5.64. The molecular weight excluding hydrogens is 402 g/mol. The van der Waals surface area contributed by atoms with Crippen molar-refractivity contribution in [3.63, 3.8) is 0 Å². The summed E-state index contributed by atoms with van der Waals surface area (Å²) in [6.45, 7) is 7.15. The first kappa shape index (κ1) is 22.2. The van der Waals surface area contributed by atoms with Crippen LogP contribution in [0.15, 0.2) is 27.9 Å². The number of likely N-dealkylation sites (tertiary alicyclic amines) is 1. The van der Waals surface area contributed by atoms with E-state index in [9.17, 15) is 0 Å². The largest absolute Gasteiger partial charge is 0.375 e. The minimum Gasteiger partial charge on any atom is -0.375 e. The van der Waals surface area contributed by atoms with Gasteiger partial charge in [-0.05, 0) is 43.7 Å². The smallest absolute Gasteiger partial charge is 0.193 e.